The molecule has 0 radical (unpaired) electrons. The first-order chi connectivity index (χ1) is 7.93. The van der Waals surface area contributed by atoms with Crippen LogP contribution >= 0.6 is 0 Å². The van der Waals surface area contributed by atoms with Gasteiger partial charge in [0.1, 0.15) is 0 Å². The first-order valence-corrected chi connectivity index (χ1v) is 6.91. The summed E-state index contributed by atoms with van der Waals surface area (Å²) < 4.78 is 27.0. The maximum atomic E-state index is 12.2. The van der Waals surface area contributed by atoms with Gasteiger partial charge in [-0.3, -0.25) is 4.31 Å². The van der Waals surface area contributed by atoms with Crippen LogP contribution in [0.3, 0.4) is 0 Å². The molecule has 0 aliphatic carbocycles. The fourth-order valence-corrected chi connectivity index (χ4v) is 3.20. The van der Waals surface area contributed by atoms with E-state index in [1.807, 2.05) is 6.07 Å². The Bertz CT molecular complexity index is 526. The molecule has 1 aliphatic heterocycles. The van der Waals surface area contributed by atoms with Crippen LogP contribution in [0.25, 0.3) is 0 Å². The molecule has 0 saturated heterocycles. The molecule has 0 fully saturated rings. The molecule has 0 atom stereocenters. The summed E-state index contributed by atoms with van der Waals surface area (Å²) in [5.74, 6) is 0. The van der Waals surface area contributed by atoms with Crippen molar-refractivity contribution in [3.05, 3.63) is 23.8 Å². The average Bonchev–Trinajstić information content (AvgIpc) is 2.27. The monoisotopic (exact) mass is 255 g/mol. The molecule has 0 saturated carbocycles. The second kappa shape index (κ2) is 4.19. The van der Waals surface area contributed by atoms with Gasteiger partial charge in [0.25, 0.3) is 0 Å². The minimum atomic E-state index is -3.40. The summed E-state index contributed by atoms with van der Waals surface area (Å²) in [6, 6.07) is 5.37. The number of nitrogen functional groups attached to an aromatic ring is 1. The number of rotatable bonds is 2. The predicted molar refractivity (Wildman–Crippen MR) is 69.1 cm³/mol. The Morgan fingerprint density at radius 2 is 2.06 bits per heavy atom. The lowest BCUT2D eigenvalue weighted by Gasteiger charge is -2.32. The van der Waals surface area contributed by atoms with Crippen LogP contribution in [-0.4, -0.2) is 33.4 Å². The van der Waals surface area contributed by atoms with Gasteiger partial charge in [0, 0.05) is 26.3 Å². The topological polar surface area (TPSA) is 66.6 Å². The second-order valence-electron chi connectivity index (χ2n) is 4.35. The molecular weight excluding hydrogens is 238 g/mol. The molecule has 6 heteroatoms. The van der Waals surface area contributed by atoms with E-state index in [0.717, 1.165) is 24.1 Å². The number of nitrogens with two attached hydrogens (primary N) is 1. The van der Waals surface area contributed by atoms with Crippen molar-refractivity contribution >= 4 is 21.6 Å². The third-order valence-electron chi connectivity index (χ3n) is 2.92. The number of fused-ring (bicyclic) bond motifs is 1. The Balaban J connectivity index is 2.49. The summed E-state index contributed by atoms with van der Waals surface area (Å²) >= 11 is 0. The molecule has 5 nitrogen and oxygen atoms in total. The molecule has 2 N–H and O–H groups in total. The van der Waals surface area contributed by atoms with Crippen molar-refractivity contribution in [2.24, 2.45) is 0 Å². The average molecular weight is 255 g/mol. The molecular formula is C11H17N3O2S. The number of hydrogen-bond donors (Lipinski definition) is 1. The molecule has 1 aromatic rings. The van der Waals surface area contributed by atoms with Crippen molar-refractivity contribution in [3.63, 3.8) is 0 Å². The van der Waals surface area contributed by atoms with E-state index in [1.54, 1.807) is 26.2 Å². The van der Waals surface area contributed by atoms with Crippen LogP contribution in [0.4, 0.5) is 11.4 Å². The van der Waals surface area contributed by atoms with Gasteiger partial charge >= 0.3 is 10.2 Å². The molecule has 0 amide bonds. The predicted octanol–water partition coefficient (Wildman–Crippen LogP) is 0.828. The lowest BCUT2D eigenvalue weighted by molar-refractivity contribution is 0.512. The Morgan fingerprint density at radius 1 is 1.35 bits per heavy atom. The van der Waals surface area contributed by atoms with Crippen LogP contribution in [0.1, 0.15) is 12.0 Å². The van der Waals surface area contributed by atoms with Crippen LogP contribution < -0.4 is 10.0 Å². The van der Waals surface area contributed by atoms with Crippen LogP contribution in [0.2, 0.25) is 0 Å². The van der Waals surface area contributed by atoms with Crippen molar-refractivity contribution < 1.29 is 8.42 Å². The van der Waals surface area contributed by atoms with Crippen LogP contribution in [0.15, 0.2) is 18.2 Å². The number of anilines is 2. The molecule has 1 aliphatic rings. The van der Waals surface area contributed by atoms with Crippen molar-refractivity contribution in [2.45, 2.75) is 12.8 Å². The van der Waals surface area contributed by atoms with Crippen molar-refractivity contribution in [2.75, 3.05) is 30.7 Å². The number of hydrogen-bond acceptors (Lipinski definition) is 3. The van der Waals surface area contributed by atoms with Gasteiger partial charge in [-0.1, -0.05) is 0 Å². The molecule has 2 rings (SSSR count). The second-order valence-corrected chi connectivity index (χ2v) is 6.42. The summed E-state index contributed by atoms with van der Waals surface area (Å²) in [4.78, 5) is 0. The van der Waals surface area contributed by atoms with Crippen molar-refractivity contribution in [3.8, 4) is 0 Å². The Morgan fingerprint density at radius 3 is 2.71 bits per heavy atom. The third-order valence-corrected chi connectivity index (χ3v) is 4.78. The molecule has 0 aromatic heterocycles. The zero-order chi connectivity index (χ0) is 12.6. The van der Waals surface area contributed by atoms with Gasteiger partial charge in [0.05, 0.1) is 5.69 Å². The zero-order valence-corrected chi connectivity index (χ0v) is 10.9. The third kappa shape index (κ3) is 2.10. The highest BCUT2D eigenvalue weighted by Crippen LogP contribution is 2.31. The Hall–Kier alpha value is -1.27. The number of benzene rings is 1. The highest BCUT2D eigenvalue weighted by Gasteiger charge is 2.28. The standard InChI is InChI=1S/C11H17N3O2S/c1-13(2)17(15,16)14-7-3-4-9-8-10(12)5-6-11(9)14/h5-6,8H,3-4,7,12H2,1-2H3. The highest BCUT2D eigenvalue weighted by atomic mass is 32.2. The fourth-order valence-electron chi connectivity index (χ4n) is 2.02. The van der Waals surface area contributed by atoms with Crippen molar-refractivity contribution in [1.29, 1.82) is 0 Å². The SMILES string of the molecule is CN(C)S(=O)(=O)N1CCCc2cc(N)ccc21. The smallest absolute Gasteiger partial charge is 0.303 e. The number of nitrogens with zero attached hydrogens (tertiary/aromatic N) is 2. The van der Waals surface area contributed by atoms with E-state index in [0.29, 0.717) is 12.2 Å². The van der Waals surface area contributed by atoms with Gasteiger partial charge < -0.3 is 5.73 Å². The van der Waals surface area contributed by atoms with E-state index < -0.39 is 10.2 Å². The van der Waals surface area contributed by atoms with E-state index in [4.69, 9.17) is 5.73 Å². The van der Waals surface area contributed by atoms with Gasteiger partial charge in [-0.15, -0.1) is 0 Å². The Labute approximate surface area is 102 Å². The zero-order valence-electron chi connectivity index (χ0n) is 10.0. The number of aryl methyl sites for hydroxylation is 1. The molecule has 0 spiro atoms. The fraction of sp³-hybridized carbons (Fsp3) is 0.455. The maximum Gasteiger partial charge on any atom is 0.303 e. The van der Waals surface area contributed by atoms with Crippen molar-refractivity contribution in [1.82, 2.24) is 4.31 Å². The quantitative estimate of drug-likeness (QED) is 0.796. The van der Waals surface area contributed by atoms with E-state index in [-0.39, 0.29) is 0 Å². The summed E-state index contributed by atoms with van der Waals surface area (Å²) in [7, 11) is -0.315. The van der Waals surface area contributed by atoms with Gasteiger partial charge in [0.2, 0.25) is 0 Å². The lowest BCUT2D eigenvalue weighted by Crippen LogP contribution is -2.42. The molecule has 0 unspecified atom stereocenters. The van der Waals surface area contributed by atoms with Gasteiger partial charge in [-0.2, -0.15) is 12.7 Å². The molecule has 1 heterocycles. The first kappa shape index (κ1) is 12.2. The maximum absolute atomic E-state index is 12.2. The molecule has 1 aromatic carbocycles. The van der Waals surface area contributed by atoms with E-state index >= 15 is 0 Å². The molecule has 0 bridgehead atoms. The van der Waals surface area contributed by atoms with Gasteiger partial charge in [-0.05, 0) is 36.6 Å². The molecule has 17 heavy (non-hydrogen) atoms. The first-order valence-electron chi connectivity index (χ1n) is 5.51. The van der Waals surface area contributed by atoms with Crippen LogP contribution in [0.5, 0.6) is 0 Å². The van der Waals surface area contributed by atoms with Gasteiger partial charge in [-0.25, -0.2) is 0 Å². The minimum absolute atomic E-state index is 0.525. The van der Waals surface area contributed by atoms with Crippen LogP contribution in [0, 0.1) is 0 Å². The van der Waals surface area contributed by atoms with Crippen LogP contribution in [-0.2, 0) is 16.6 Å². The molecule has 94 valence electrons. The van der Waals surface area contributed by atoms with E-state index in [2.05, 4.69) is 0 Å². The van der Waals surface area contributed by atoms with E-state index in [1.165, 1.54) is 8.61 Å². The summed E-state index contributed by atoms with van der Waals surface area (Å²) in [5, 5.41) is 0. The normalized spacial score (nSPS) is 16.1. The minimum Gasteiger partial charge on any atom is -0.399 e. The summed E-state index contributed by atoms with van der Waals surface area (Å²) in [6.45, 7) is 0.525. The highest BCUT2D eigenvalue weighted by molar-refractivity contribution is 7.90. The summed E-state index contributed by atoms with van der Waals surface area (Å²) in [6.07, 6.45) is 1.70. The lowest BCUT2D eigenvalue weighted by atomic mass is 10.0. The Kier molecular flexibility index (Phi) is 3.01. The van der Waals surface area contributed by atoms with Gasteiger partial charge in [0.15, 0.2) is 0 Å². The largest absolute Gasteiger partial charge is 0.399 e. The summed E-state index contributed by atoms with van der Waals surface area (Å²) in [5.41, 5.74) is 8.14. The van der Waals surface area contributed by atoms with E-state index in [9.17, 15) is 8.42 Å².